The first kappa shape index (κ1) is 23.6. The second-order valence-corrected chi connectivity index (χ2v) is 12.1. The average Bonchev–Trinajstić information content (AvgIpc) is 3.10. The molecule has 2 heterocycles. The van der Waals surface area contributed by atoms with Gasteiger partial charge in [-0.2, -0.15) is 4.99 Å². The Morgan fingerprint density at radius 1 is 1.26 bits per heavy atom. The molecular formula is C21H29N3O5S2. The maximum absolute atomic E-state index is 13.1. The van der Waals surface area contributed by atoms with Gasteiger partial charge in [-0.1, -0.05) is 42.1 Å². The third-order valence-corrected chi connectivity index (χ3v) is 8.24. The number of hydrogen-bond acceptors (Lipinski definition) is 6. The Kier molecular flexibility index (Phi) is 7.00. The smallest absolute Gasteiger partial charge is 0.408 e. The normalized spacial score (nSPS) is 24.6. The van der Waals surface area contributed by atoms with Crippen molar-refractivity contribution in [3.63, 3.8) is 0 Å². The molecule has 0 aromatic heterocycles. The Hall–Kier alpha value is -2.07. The lowest BCUT2D eigenvalue weighted by Crippen LogP contribution is -2.45. The summed E-state index contributed by atoms with van der Waals surface area (Å²) in [6.07, 6.45) is -0.412. The van der Waals surface area contributed by atoms with Gasteiger partial charge in [-0.3, -0.25) is 4.79 Å². The number of thioether (sulfide) groups is 1. The number of fused-ring (bicyclic) bond motifs is 1. The van der Waals surface area contributed by atoms with E-state index < -0.39 is 33.5 Å². The first-order chi connectivity index (χ1) is 14.5. The predicted molar refractivity (Wildman–Crippen MR) is 122 cm³/mol. The summed E-state index contributed by atoms with van der Waals surface area (Å²) in [4.78, 5) is 31.6. The number of alkyl carbamates (subject to hydrolysis) is 1. The van der Waals surface area contributed by atoms with Gasteiger partial charge in [-0.25, -0.2) is 13.2 Å². The molecular weight excluding hydrogens is 438 g/mol. The van der Waals surface area contributed by atoms with Crippen molar-refractivity contribution in [1.29, 1.82) is 0 Å². The third kappa shape index (κ3) is 6.22. The molecule has 170 valence electrons. The van der Waals surface area contributed by atoms with Gasteiger partial charge in [0, 0.05) is 18.2 Å². The van der Waals surface area contributed by atoms with Crippen molar-refractivity contribution in [3.8, 4) is 0 Å². The number of ether oxygens (including phenoxy) is 1. The molecule has 10 heteroatoms. The van der Waals surface area contributed by atoms with Crippen molar-refractivity contribution in [1.82, 2.24) is 10.2 Å². The van der Waals surface area contributed by atoms with Gasteiger partial charge in [0.2, 0.25) is 0 Å². The van der Waals surface area contributed by atoms with Gasteiger partial charge in [0.25, 0.3) is 5.91 Å². The van der Waals surface area contributed by atoms with Crippen LogP contribution in [0.3, 0.4) is 0 Å². The molecule has 3 rings (SSSR count). The molecule has 3 atom stereocenters. The molecule has 1 N–H and O–H groups in total. The van der Waals surface area contributed by atoms with Crippen molar-refractivity contribution in [3.05, 3.63) is 35.9 Å². The van der Waals surface area contributed by atoms with Crippen LogP contribution in [0.5, 0.6) is 0 Å². The summed E-state index contributed by atoms with van der Waals surface area (Å²) in [6, 6.07) is 8.30. The SMILES string of the molecule is CCN1C(=NC(=O)[C@H](Cc2ccccc2)NC(=O)OC(C)(C)C)S[C@H]2CS(=O)(=O)C[C@H]21. The van der Waals surface area contributed by atoms with E-state index in [1.165, 1.54) is 11.8 Å². The zero-order valence-corrected chi connectivity index (χ0v) is 19.8. The van der Waals surface area contributed by atoms with Crippen LogP contribution >= 0.6 is 11.8 Å². The van der Waals surface area contributed by atoms with E-state index >= 15 is 0 Å². The highest BCUT2D eigenvalue weighted by molar-refractivity contribution is 8.15. The molecule has 2 aliphatic heterocycles. The molecule has 0 bridgehead atoms. The molecule has 1 aromatic carbocycles. The Morgan fingerprint density at radius 3 is 2.55 bits per heavy atom. The fraction of sp³-hybridized carbons (Fsp3) is 0.571. The zero-order chi connectivity index (χ0) is 22.8. The molecule has 1 aromatic rings. The van der Waals surface area contributed by atoms with E-state index in [1.807, 2.05) is 42.2 Å². The zero-order valence-electron chi connectivity index (χ0n) is 18.2. The first-order valence-electron chi connectivity index (χ1n) is 10.3. The highest BCUT2D eigenvalue weighted by atomic mass is 32.2. The van der Waals surface area contributed by atoms with Gasteiger partial charge in [0.1, 0.15) is 11.6 Å². The molecule has 8 nitrogen and oxygen atoms in total. The Morgan fingerprint density at radius 2 is 1.94 bits per heavy atom. The monoisotopic (exact) mass is 467 g/mol. The van der Waals surface area contributed by atoms with E-state index in [0.717, 1.165) is 5.56 Å². The minimum Gasteiger partial charge on any atom is -0.444 e. The van der Waals surface area contributed by atoms with Crippen LogP contribution in [-0.2, 0) is 25.8 Å². The van der Waals surface area contributed by atoms with E-state index in [2.05, 4.69) is 10.3 Å². The van der Waals surface area contributed by atoms with Gasteiger partial charge in [-0.15, -0.1) is 0 Å². The van der Waals surface area contributed by atoms with Gasteiger partial charge >= 0.3 is 6.09 Å². The van der Waals surface area contributed by atoms with Gasteiger partial charge in [0.05, 0.1) is 17.5 Å². The second-order valence-electron chi connectivity index (χ2n) is 8.71. The topological polar surface area (TPSA) is 105 Å². The minimum atomic E-state index is -3.07. The molecule has 0 saturated carbocycles. The van der Waals surface area contributed by atoms with Crippen LogP contribution in [0.2, 0.25) is 0 Å². The minimum absolute atomic E-state index is 0.0787. The maximum atomic E-state index is 13.1. The van der Waals surface area contributed by atoms with E-state index in [1.54, 1.807) is 20.8 Å². The van der Waals surface area contributed by atoms with Gasteiger partial charge < -0.3 is 15.0 Å². The Balaban J connectivity index is 1.79. The summed E-state index contributed by atoms with van der Waals surface area (Å²) in [5, 5.41) is 3.04. The quantitative estimate of drug-likeness (QED) is 0.708. The Labute approximate surface area is 187 Å². The number of amides is 2. The summed E-state index contributed by atoms with van der Waals surface area (Å²) in [6.45, 7) is 7.72. The number of aliphatic imine (C=N–C) groups is 1. The maximum Gasteiger partial charge on any atom is 0.408 e. The second kappa shape index (κ2) is 9.20. The van der Waals surface area contributed by atoms with Crippen LogP contribution in [0.4, 0.5) is 4.79 Å². The number of rotatable bonds is 5. The fourth-order valence-electron chi connectivity index (χ4n) is 3.68. The molecule has 2 aliphatic rings. The number of amidine groups is 1. The average molecular weight is 468 g/mol. The number of benzene rings is 1. The van der Waals surface area contributed by atoms with Gasteiger partial charge in [-0.05, 0) is 33.3 Å². The van der Waals surface area contributed by atoms with E-state index in [4.69, 9.17) is 4.74 Å². The molecule has 2 saturated heterocycles. The van der Waals surface area contributed by atoms with Crippen LogP contribution in [0.1, 0.15) is 33.3 Å². The van der Waals surface area contributed by atoms with Crippen molar-refractivity contribution in [2.45, 2.75) is 57.1 Å². The van der Waals surface area contributed by atoms with Crippen LogP contribution in [-0.4, -0.2) is 71.5 Å². The number of hydrogen-bond donors (Lipinski definition) is 1. The van der Waals surface area contributed by atoms with Crippen LogP contribution in [0.15, 0.2) is 35.3 Å². The van der Waals surface area contributed by atoms with Crippen LogP contribution < -0.4 is 5.32 Å². The first-order valence-corrected chi connectivity index (χ1v) is 13.0. The molecule has 0 spiro atoms. The summed E-state index contributed by atoms with van der Waals surface area (Å²) < 4.78 is 29.3. The molecule has 2 amide bonds. The summed E-state index contributed by atoms with van der Waals surface area (Å²) in [5.74, 6) is -0.316. The number of carbonyl (C=O) groups excluding carboxylic acids is 2. The lowest BCUT2D eigenvalue weighted by atomic mass is 10.1. The Bertz CT molecular complexity index is 957. The van der Waals surface area contributed by atoms with Crippen molar-refractivity contribution >= 4 is 38.8 Å². The number of nitrogens with one attached hydrogen (secondary N) is 1. The summed E-state index contributed by atoms with van der Waals surface area (Å²) in [5.41, 5.74) is 0.186. The van der Waals surface area contributed by atoms with Gasteiger partial charge in [0.15, 0.2) is 15.0 Å². The van der Waals surface area contributed by atoms with Crippen molar-refractivity contribution < 1.29 is 22.7 Å². The lowest BCUT2D eigenvalue weighted by molar-refractivity contribution is -0.119. The van der Waals surface area contributed by atoms with E-state index in [9.17, 15) is 18.0 Å². The van der Waals surface area contributed by atoms with Crippen molar-refractivity contribution in [2.75, 3.05) is 18.1 Å². The fourth-order valence-corrected chi connectivity index (χ4v) is 7.70. The molecule has 31 heavy (non-hydrogen) atoms. The van der Waals surface area contributed by atoms with E-state index in [-0.39, 0.29) is 29.2 Å². The standard InChI is InChI=1S/C21H29N3O5S2/c1-5-24-16-12-31(27,28)13-17(16)30-19(24)23-18(25)15(11-14-9-7-6-8-10-14)22-20(26)29-21(2,3)4/h6-10,15-17H,5,11-13H2,1-4H3,(H,22,26)/t15-,16+,17-/m0/s1. The molecule has 0 unspecified atom stereocenters. The molecule has 0 radical (unpaired) electrons. The van der Waals surface area contributed by atoms with Crippen molar-refractivity contribution in [2.24, 2.45) is 4.99 Å². The lowest BCUT2D eigenvalue weighted by Gasteiger charge is -2.24. The summed E-state index contributed by atoms with van der Waals surface area (Å²) >= 11 is 1.33. The number of nitrogens with zero attached hydrogens (tertiary/aromatic N) is 2. The van der Waals surface area contributed by atoms with Crippen LogP contribution in [0.25, 0.3) is 0 Å². The third-order valence-electron chi connectivity index (χ3n) is 4.99. The summed E-state index contributed by atoms with van der Waals surface area (Å²) in [7, 11) is -3.07. The molecule has 2 fully saturated rings. The predicted octanol–water partition coefficient (Wildman–Crippen LogP) is 2.24. The highest BCUT2D eigenvalue weighted by Crippen LogP contribution is 2.37. The number of sulfone groups is 1. The number of carbonyl (C=O) groups is 2. The molecule has 0 aliphatic carbocycles. The van der Waals surface area contributed by atoms with Crippen LogP contribution in [0, 0.1) is 0 Å². The van der Waals surface area contributed by atoms with E-state index in [0.29, 0.717) is 11.7 Å². The highest BCUT2D eigenvalue weighted by Gasteiger charge is 2.48. The largest absolute Gasteiger partial charge is 0.444 e.